The molecule has 2 atom stereocenters. The van der Waals surface area contributed by atoms with Crippen LogP contribution in [0.1, 0.15) is 31.1 Å². The van der Waals surface area contributed by atoms with E-state index < -0.39 is 11.6 Å². The molecule has 206 valence electrons. The van der Waals surface area contributed by atoms with Gasteiger partial charge in [-0.2, -0.15) is 5.10 Å². The lowest BCUT2D eigenvalue weighted by molar-refractivity contribution is -0.0310. The molecule has 4 heterocycles. The van der Waals surface area contributed by atoms with Crippen LogP contribution < -0.4 is 4.90 Å². The van der Waals surface area contributed by atoms with Crippen LogP contribution in [-0.2, 0) is 4.74 Å². The zero-order chi connectivity index (χ0) is 28.5. The Morgan fingerprint density at radius 2 is 1.63 bits per heavy atom. The van der Waals surface area contributed by atoms with Crippen molar-refractivity contribution < 1.29 is 19.4 Å². The topological polar surface area (TPSA) is 100 Å². The minimum Gasteiger partial charge on any atom is -0.478 e. The Morgan fingerprint density at radius 1 is 0.878 bits per heavy atom. The Bertz CT molecular complexity index is 1840. The molecule has 7 rings (SSSR count). The lowest BCUT2D eigenvalue weighted by Gasteiger charge is -2.62. The number of likely N-dealkylation sites (tertiary alicyclic amines) is 1. The van der Waals surface area contributed by atoms with Crippen LogP contribution in [-0.4, -0.2) is 67.4 Å². The number of carboxylic acids is 1. The van der Waals surface area contributed by atoms with Gasteiger partial charge in [-0.15, -0.1) is 0 Å². The first-order valence-electron chi connectivity index (χ1n) is 13.6. The first-order valence-corrected chi connectivity index (χ1v) is 13.6. The minimum absolute atomic E-state index is 0.211. The van der Waals surface area contributed by atoms with Crippen LogP contribution in [0, 0.1) is 0 Å². The number of carboxylic acid groups (broad SMARTS) is 1. The van der Waals surface area contributed by atoms with Crippen LogP contribution in [0.3, 0.4) is 0 Å². The third-order valence-electron chi connectivity index (χ3n) is 7.97. The number of amides is 1. The number of benzene rings is 3. The Kier molecular flexibility index (Phi) is 5.54. The molecular weight excluding hydrogens is 518 g/mol. The lowest BCUT2D eigenvalue weighted by Crippen LogP contribution is -2.80. The second-order valence-corrected chi connectivity index (χ2v) is 11.6. The summed E-state index contributed by atoms with van der Waals surface area (Å²) >= 11 is 0. The number of piperazine rings is 1. The van der Waals surface area contributed by atoms with Crippen molar-refractivity contribution in [3.63, 3.8) is 0 Å². The molecule has 9 nitrogen and oxygen atoms in total. The average Bonchev–Trinajstić information content (AvgIpc) is 3.35. The van der Waals surface area contributed by atoms with Gasteiger partial charge in [-0.05, 0) is 60.9 Å². The molecule has 41 heavy (non-hydrogen) atoms. The highest BCUT2D eigenvalue weighted by Gasteiger charge is 2.54. The van der Waals surface area contributed by atoms with Gasteiger partial charge in [0.05, 0.1) is 23.8 Å². The van der Waals surface area contributed by atoms with E-state index >= 15 is 0 Å². The number of ether oxygens (including phenoxy) is 1. The molecule has 1 unspecified atom stereocenters. The number of carbonyl (C=O) groups is 2. The predicted molar refractivity (Wildman–Crippen MR) is 156 cm³/mol. The number of aromatic carboxylic acids is 1. The van der Waals surface area contributed by atoms with Gasteiger partial charge in [0, 0.05) is 42.3 Å². The zero-order valence-electron chi connectivity index (χ0n) is 23.0. The number of hydrogen-bond donors (Lipinski definition) is 1. The van der Waals surface area contributed by atoms with Crippen LogP contribution in [0.15, 0.2) is 79.3 Å². The number of aromatic nitrogens is 3. The molecule has 2 aliphatic rings. The standard InChI is InChI=1S/C32H29N5O4/c1-32(2,3)41-31(40)36-18-27-28(36)17-35(27)21-10-8-19(9-11-21)20-14-33-29-26(15-34-37(29)16-20)24-12-13-25(30(38)39)23-7-5-4-6-22(23)24/h4-16,27-28H,17-18H2,1-3H3,(H,38,39)/t27-,28?/m1/s1. The van der Waals surface area contributed by atoms with Crippen LogP contribution in [0.25, 0.3) is 38.7 Å². The fraction of sp³-hybridized carbons (Fsp3) is 0.250. The van der Waals surface area contributed by atoms with E-state index in [1.165, 1.54) is 0 Å². The van der Waals surface area contributed by atoms with Crippen LogP contribution in [0.4, 0.5) is 10.5 Å². The molecule has 3 aromatic carbocycles. The highest BCUT2D eigenvalue weighted by Crippen LogP contribution is 2.39. The van der Waals surface area contributed by atoms with Crippen molar-refractivity contribution in [3.05, 3.63) is 84.8 Å². The first kappa shape index (κ1) is 25.1. The summed E-state index contributed by atoms with van der Waals surface area (Å²) in [5, 5.41) is 15.7. The highest BCUT2D eigenvalue weighted by atomic mass is 16.6. The summed E-state index contributed by atoms with van der Waals surface area (Å²) in [5.41, 5.74) is 5.30. The molecule has 1 N–H and O–H groups in total. The van der Waals surface area contributed by atoms with E-state index in [0.29, 0.717) is 23.6 Å². The number of rotatable bonds is 4. The summed E-state index contributed by atoms with van der Waals surface area (Å²) in [6, 6.07) is 19.9. The number of nitrogens with zero attached hydrogens (tertiary/aromatic N) is 5. The molecule has 0 spiro atoms. The maximum atomic E-state index is 12.4. The largest absolute Gasteiger partial charge is 0.478 e. The Labute approximate surface area is 236 Å². The fourth-order valence-electron chi connectivity index (χ4n) is 5.86. The molecule has 2 saturated heterocycles. The van der Waals surface area contributed by atoms with Gasteiger partial charge in [0.25, 0.3) is 0 Å². The summed E-state index contributed by atoms with van der Waals surface area (Å²) in [5.74, 6) is -0.953. The summed E-state index contributed by atoms with van der Waals surface area (Å²) in [4.78, 5) is 33.0. The molecule has 0 bridgehead atoms. The van der Waals surface area contributed by atoms with Gasteiger partial charge in [-0.1, -0.05) is 42.5 Å². The van der Waals surface area contributed by atoms with E-state index in [4.69, 9.17) is 9.72 Å². The highest BCUT2D eigenvalue weighted by molar-refractivity contribution is 6.09. The van der Waals surface area contributed by atoms with Crippen molar-refractivity contribution in [1.29, 1.82) is 0 Å². The number of hydrogen-bond acceptors (Lipinski definition) is 6. The molecule has 0 aliphatic carbocycles. The van der Waals surface area contributed by atoms with Gasteiger partial charge in [-0.3, -0.25) is 4.90 Å². The van der Waals surface area contributed by atoms with Gasteiger partial charge in [0.15, 0.2) is 5.65 Å². The van der Waals surface area contributed by atoms with Crippen LogP contribution in [0.2, 0.25) is 0 Å². The molecule has 2 aliphatic heterocycles. The molecular formula is C32H29N5O4. The average molecular weight is 548 g/mol. The molecule has 5 aromatic rings. The Balaban J connectivity index is 1.10. The summed E-state index contributed by atoms with van der Waals surface area (Å²) in [7, 11) is 0. The smallest absolute Gasteiger partial charge is 0.410 e. The van der Waals surface area contributed by atoms with Gasteiger partial charge < -0.3 is 14.7 Å². The molecule has 2 aromatic heterocycles. The molecule has 2 fully saturated rings. The summed E-state index contributed by atoms with van der Waals surface area (Å²) < 4.78 is 7.29. The molecule has 0 saturated carbocycles. The van der Waals surface area contributed by atoms with Crippen molar-refractivity contribution in [2.75, 3.05) is 18.0 Å². The zero-order valence-corrected chi connectivity index (χ0v) is 23.0. The SMILES string of the molecule is CC(C)(C)OC(=O)N1C[C@@H]2C1CN2c1ccc(-c2cnc3c(-c4ccc(C(=O)O)c5ccccc45)cnn3c2)cc1. The van der Waals surface area contributed by atoms with E-state index in [-0.39, 0.29) is 17.7 Å². The third-order valence-corrected chi connectivity index (χ3v) is 7.97. The van der Waals surface area contributed by atoms with Crippen molar-refractivity contribution >= 4 is 34.2 Å². The van der Waals surface area contributed by atoms with E-state index in [1.54, 1.807) is 16.8 Å². The number of fused-ring (bicyclic) bond motifs is 3. The van der Waals surface area contributed by atoms with E-state index in [0.717, 1.165) is 39.9 Å². The molecule has 1 amide bonds. The van der Waals surface area contributed by atoms with E-state index in [2.05, 4.69) is 34.3 Å². The minimum atomic E-state index is -0.953. The maximum absolute atomic E-state index is 12.4. The Morgan fingerprint density at radius 3 is 2.32 bits per heavy atom. The summed E-state index contributed by atoms with van der Waals surface area (Å²) in [6.07, 6.45) is 5.34. The quantitative estimate of drug-likeness (QED) is 0.307. The number of carbonyl (C=O) groups excluding carboxylic acids is 1. The monoisotopic (exact) mass is 547 g/mol. The van der Waals surface area contributed by atoms with Crippen LogP contribution in [0.5, 0.6) is 0 Å². The predicted octanol–water partition coefficient (Wildman–Crippen LogP) is 5.72. The third kappa shape index (κ3) is 4.16. The van der Waals surface area contributed by atoms with Gasteiger partial charge in [-0.25, -0.2) is 19.1 Å². The first-order chi connectivity index (χ1) is 19.7. The van der Waals surface area contributed by atoms with Crippen molar-refractivity contribution in [3.8, 4) is 22.3 Å². The second-order valence-electron chi connectivity index (χ2n) is 11.6. The van der Waals surface area contributed by atoms with Crippen molar-refractivity contribution in [1.82, 2.24) is 19.5 Å². The normalized spacial score (nSPS) is 18.1. The number of anilines is 1. The van der Waals surface area contributed by atoms with E-state index in [1.807, 2.05) is 68.4 Å². The van der Waals surface area contributed by atoms with Crippen LogP contribution >= 0.6 is 0 Å². The molecule has 9 heteroatoms. The van der Waals surface area contributed by atoms with Crippen molar-refractivity contribution in [2.24, 2.45) is 0 Å². The maximum Gasteiger partial charge on any atom is 0.410 e. The van der Waals surface area contributed by atoms with Gasteiger partial charge in [0.2, 0.25) is 0 Å². The second kappa shape index (κ2) is 9.05. The fourth-order valence-corrected chi connectivity index (χ4v) is 5.86. The Hall–Kier alpha value is -4.92. The summed E-state index contributed by atoms with van der Waals surface area (Å²) in [6.45, 7) is 7.14. The van der Waals surface area contributed by atoms with Crippen molar-refractivity contribution in [2.45, 2.75) is 38.5 Å². The van der Waals surface area contributed by atoms with Gasteiger partial charge >= 0.3 is 12.1 Å². The van der Waals surface area contributed by atoms with Gasteiger partial charge in [0.1, 0.15) is 5.60 Å². The van der Waals surface area contributed by atoms with E-state index in [9.17, 15) is 14.7 Å². The molecule has 0 radical (unpaired) electrons. The lowest BCUT2D eigenvalue weighted by atomic mass is 9.85.